The first-order valence-corrected chi connectivity index (χ1v) is 11.0. The molecule has 2 N–H and O–H groups in total. The second kappa shape index (κ2) is 7.67. The van der Waals surface area contributed by atoms with Crippen molar-refractivity contribution in [2.45, 2.75) is 19.9 Å². The Morgan fingerprint density at radius 1 is 0.879 bits per heavy atom. The van der Waals surface area contributed by atoms with Gasteiger partial charge in [0.15, 0.2) is 0 Å². The molecule has 33 heavy (non-hydrogen) atoms. The number of pyridine rings is 4. The van der Waals surface area contributed by atoms with Crippen LogP contribution in [0.3, 0.4) is 0 Å². The van der Waals surface area contributed by atoms with Gasteiger partial charge >= 0.3 is 0 Å². The number of H-pyrrole nitrogens is 1. The van der Waals surface area contributed by atoms with Crippen molar-refractivity contribution in [1.29, 1.82) is 0 Å². The van der Waals surface area contributed by atoms with Gasteiger partial charge in [-0.2, -0.15) is 0 Å². The number of aromatic amines is 1. The maximum Gasteiger partial charge on any atom is 0.138 e. The third-order valence-electron chi connectivity index (χ3n) is 6.17. The van der Waals surface area contributed by atoms with E-state index in [1.165, 1.54) is 5.56 Å². The van der Waals surface area contributed by atoms with Crippen molar-refractivity contribution in [2.75, 3.05) is 0 Å². The van der Waals surface area contributed by atoms with E-state index in [4.69, 9.17) is 4.98 Å². The molecular weight excluding hydrogens is 408 g/mol. The lowest BCUT2D eigenvalue weighted by Gasteiger charge is -2.27. The Morgan fingerprint density at radius 2 is 1.67 bits per heavy atom. The van der Waals surface area contributed by atoms with Gasteiger partial charge in [0, 0.05) is 64.3 Å². The Labute approximate surface area is 191 Å². The molecule has 1 atom stereocenters. The van der Waals surface area contributed by atoms with Crippen LogP contribution in [-0.4, -0.2) is 24.9 Å². The molecule has 0 bridgehead atoms. The molecule has 6 heterocycles. The minimum atomic E-state index is 0.174. The van der Waals surface area contributed by atoms with E-state index in [9.17, 15) is 0 Å². The molecule has 1 aliphatic rings. The van der Waals surface area contributed by atoms with Crippen molar-refractivity contribution >= 4 is 16.6 Å². The van der Waals surface area contributed by atoms with Gasteiger partial charge in [-0.1, -0.05) is 12.1 Å². The lowest BCUT2D eigenvalue weighted by atomic mass is 9.92. The average molecular weight is 431 g/mol. The molecule has 0 spiro atoms. The maximum absolute atomic E-state index is 5.10. The normalized spacial score (nSPS) is 15.4. The zero-order valence-corrected chi connectivity index (χ0v) is 18.4. The molecule has 0 saturated carbocycles. The zero-order valence-electron chi connectivity index (χ0n) is 18.4. The van der Waals surface area contributed by atoms with Crippen molar-refractivity contribution < 1.29 is 0 Å². The van der Waals surface area contributed by atoms with Crippen LogP contribution >= 0.6 is 0 Å². The highest BCUT2D eigenvalue weighted by Crippen LogP contribution is 2.38. The first-order chi connectivity index (χ1) is 16.2. The minimum Gasteiger partial charge on any atom is -0.381 e. The van der Waals surface area contributed by atoms with E-state index in [0.29, 0.717) is 0 Å². The van der Waals surface area contributed by atoms with Gasteiger partial charge in [0.05, 0.1) is 23.1 Å². The molecule has 6 heteroatoms. The quantitative estimate of drug-likeness (QED) is 0.394. The Kier molecular flexibility index (Phi) is 4.50. The second-order valence-electron chi connectivity index (χ2n) is 8.29. The van der Waals surface area contributed by atoms with E-state index < -0.39 is 0 Å². The molecule has 0 fully saturated rings. The minimum absolute atomic E-state index is 0.174. The van der Waals surface area contributed by atoms with Gasteiger partial charge in [0.1, 0.15) is 5.65 Å². The number of aromatic nitrogens is 5. The molecule has 5 aromatic heterocycles. The van der Waals surface area contributed by atoms with E-state index in [-0.39, 0.29) is 6.04 Å². The first-order valence-electron chi connectivity index (χ1n) is 11.0. The second-order valence-corrected chi connectivity index (χ2v) is 8.29. The molecule has 0 aromatic carbocycles. The van der Waals surface area contributed by atoms with Crippen LogP contribution in [0.5, 0.6) is 0 Å². The fourth-order valence-corrected chi connectivity index (χ4v) is 4.61. The predicted octanol–water partition coefficient (Wildman–Crippen LogP) is 5.53. The van der Waals surface area contributed by atoms with Gasteiger partial charge in [-0.25, -0.2) is 9.97 Å². The van der Waals surface area contributed by atoms with Crippen LogP contribution in [0.1, 0.15) is 36.8 Å². The maximum atomic E-state index is 5.10. The molecule has 0 radical (unpaired) electrons. The Hall–Kier alpha value is -4.32. The van der Waals surface area contributed by atoms with Crippen LogP contribution in [-0.2, 0) is 0 Å². The lowest BCUT2D eigenvalue weighted by Crippen LogP contribution is -2.25. The molecule has 6 rings (SSSR count). The molecule has 160 valence electrons. The Morgan fingerprint density at radius 3 is 2.42 bits per heavy atom. The summed E-state index contributed by atoms with van der Waals surface area (Å²) in [5.74, 6) is 0. The van der Waals surface area contributed by atoms with Gasteiger partial charge < -0.3 is 10.3 Å². The fraction of sp³-hybridized carbons (Fsp3) is 0.111. The highest BCUT2D eigenvalue weighted by Gasteiger charge is 2.26. The summed E-state index contributed by atoms with van der Waals surface area (Å²) in [7, 11) is 0. The van der Waals surface area contributed by atoms with Gasteiger partial charge in [-0.15, -0.1) is 0 Å². The molecular formula is C27H22N6. The number of rotatable bonds is 3. The topological polar surface area (TPSA) is 79.4 Å². The summed E-state index contributed by atoms with van der Waals surface area (Å²) in [6, 6.07) is 16.6. The molecule has 5 aromatic rings. The van der Waals surface area contributed by atoms with Crippen molar-refractivity contribution in [3.63, 3.8) is 0 Å². The van der Waals surface area contributed by atoms with Crippen LogP contribution in [0, 0.1) is 0 Å². The average Bonchev–Trinajstić information content (AvgIpc) is 3.28. The molecule has 0 aliphatic carbocycles. The fourth-order valence-electron chi connectivity index (χ4n) is 4.61. The third-order valence-corrected chi connectivity index (χ3v) is 6.17. The number of allylic oxidation sites excluding steroid dienone is 1. The monoisotopic (exact) mass is 430 g/mol. The van der Waals surface area contributed by atoms with E-state index in [0.717, 1.165) is 56.1 Å². The summed E-state index contributed by atoms with van der Waals surface area (Å²) in [5.41, 5.74) is 10.2. The summed E-state index contributed by atoms with van der Waals surface area (Å²) in [6.45, 7) is 4.27. The van der Waals surface area contributed by atoms with E-state index in [2.05, 4.69) is 63.4 Å². The summed E-state index contributed by atoms with van der Waals surface area (Å²) in [4.78, 5) is 21.8. The van der Waals surface area contributed by atoms with Gasteiger partial charge in [-0.3, -0.25) is 9.97 Å². The van der Waals surface area contributed by atoms with E-state index in [1.807, 2.05) is 42.9 Å². The molecule has 0 unspecified atom stereocenters. The number of hydrogen-bond donors (Lipinski definition) is 2. The highest BCUT2D eigenvalue weighted by molar-refractivity contribution is 5.97. The van der Waals surface area contributed by atoms with Gasteiger partial charge in [-0.05, 0) is 55.8 Å². The van der Waals surface area contributed by atoms with Gasteiger partial charge in [0.2, 0.25) is 0 Å². The molecule has 6 nitrogen and oxygen atoms in total. The van der Waals surface area contributed by atoms with Crippen LogP contribution in [0.15, 0.2) is 85.2 Å². The third kappa shape index (κ3) is 3.27. The van der Waals surface area contributed by atoms with Crippen LogP contribution in [0.25, 0.3) is 39.0 Å². The van der Waals surface area contributed by atoms with Crippen LogP contribution in [0.4, 0.5) is 0 Å². The summed E-state index contributed by atoms with van der Waals surface area (Å²) >= 11 is 0. The molecule has 0 saturated heterocycles. The lowest BCUT2D eigenvalue weighted by molar-refractivity contribution is 0.638. The summed E-state index contributed by atoms with van der Waals surface area (Å²) in [6.07, 6.45) is 9.13. The molecule has 0 amide bonds. The Bertz CT molecular complexity index is 1500. The highest BCUT2D eigenvalue weighted by atomic mass is 15.0. The largest absolute Gasteiger partial charge is 0.381 e. The number of hydrogen-bond acceptors (Lipinski definition) is 5. The smallest absolute Gasteiger partial charge is 0.138 e. The first kappa shape index (κ1) is 19.4. The summed E-state index contributed by atoms with van der Waals surface area (Å²) in [5, 5.41) is 4.67. The zero-order chi connectivity index (χ0) is 22.4. The number of nitrogens with one attached hydrogen (secondary N) is 2. The number of nitrogens with zero attached hydrogens (tertiary/aromatic N) is 4. The number of fused-ring (bicyclic) bond motifs is 2. The standard InChI is InChI=1S/C27H22N6/c1-16-20-7-8-23(19-6-4-11-29-15-19)32-26(20)25(17(2)31-16)24-13-22-21(9-12-30-27(22)33-24)18-5-3-10-28-14-18/h3-16,31H,1-2H3,(H,30,33)/t16-/m0/s1. The summed E-state index contributed by atoms with van der Waals surface area (Å²) < 4.78 is 0. The van der Waals surface area contributed by atoms with E-state index in [1.54, 1.807) is 12.4 Å². The SMILES string of the molecule is CC1=C(c2cc3c(-c4cccnc4)ccnc3[nH]2)c2nc(-c3cccnc3)ccc2[C@H](C)N1. The van der Waals surface area contributed by atoms with E-state index >= 15 is 0 Å². The van der Waals surface area contributed by atoms with Crippen molar-refractivity contribution in [2.24, 2.45) is 0 Å². The van der Waals surface area contributed by atoms with Crippen molar-refractivity contribution in [3.8, 4) is 22.4 Å². The van der Waals surface area contributed by atoms with Crippen molar-refractivity contribution in [3.05, 3.63) is 102 Å². The van der Waals surface area contributed by atoms with Gasteiger partial charge in [0.25, 0.3) is 0 Å². The van der Waals surface area contributed by atoms with Crippen molar-refractivity contribution in [1.82, 2.24) is 30.2 Å². The molecule has 1 aliphatic heterocycles. The predicted molar refractivity (Wildman–Crippen MR) is 130 cm³/mol. The van der Waals surface area contributed by atoms with Crippen LogP contribution < -0.4 is 5.32 Å². The van der Waals surface area contributed by atoms with Crippen LogP contribution in [0.2, 0.25) is 0 Å². The Balaban J connectivity index is 1.54.